The SMILES string of the molecule is CCCCCCCCCCCCOC(=O)C(=O)N(CCCC)CCCC. The molecule has 0 fully saturated rings. The Balaban J connectivity index is 3.73. The lowest BCUT2D eigenvalue weighted by molar-refractivity contribution is -0.160. The molecule has 0 unspecified atom stereocenters. The number of hydrogen-bond donors (Lipinski definition) is 0. The van der Waals surface area contributed by atoms with Crippen LogP contribution in [0.3, 0.4) is 0 Å². The van der Waals surface area contributed by atoms with Crippen LogP contribution in [0, 0.1) is 0 Å². The van der Waals surface area contributed by atoms with E-state index in [-0.39, 0.29) is 0 Å². The molecule has 0 aliphatic rings. The highest BCUT2D eigenvalue weighted by Crippen LogP contribution is 2.10. The van der Waals surface area contributed by atoms with Crippen LogP contribution >= 0.6 is 0 Å². The van der Waals surface area contributed by atoms with Crippen LogP contribution in [0.4, 0.5) is 0 Å². The van der Waals surface area contributed by atoms with Crippen LogP contribution in [0.5, 0.6) is 0 Å². The van der Waals surface area contributed by atoms with Gasteiger partial charge in [0.15, 0.2) is 0 Å². The van der Waals surface area contributed by atoms with Gasteiger partial charge in [-0.3, -0.25) is 4.79 Å². The Morgan fingerprint density at radius 2 is 1.04 bits per heavy atom. The van der Waals surface area contributed by atoms with Crippen molar-refractivity contribution < 1.29 is 14.3 Å². The molecule has 0 saturated carbocycles. The highest BCUT2D eigenvalue weighted by Gasteiger charge is 2.22. The summed E-state index contributed by atoms with van der Waals surface area (Å²) in [6.45, 7) is 8.11. The molecular weight excluding hydrogens is 326 g/mol. The monoisotopic (exact) mass is 369 g/mol. The topological polar surface area (TPSA) is 46.6 Å². The highest BCUT2D eigenvalue weighted by atomic mass is 16.5. The van der Waals surface area contributed by atoms with Gasteiger partial charge in [-0.25, -0.2) is 4.79 Å². The summed E-state index contributed by atoms with van der Waals surface area (Å²) in [5.74, 6) is -1.13. The van der Waals surface area contributed by atoms with E-state index in [2.05, 4.69) is 20.8 Å². The lowest BCUT2D eigenvalue weighted by Crippen LogP contribution is -2.39. The molecule has 154 valence electrons. The summed E-state index contributed by atoms with van der Waals surface area (Å²) in [5.41, 5.74) is 0. The lowest BCUT2D eigenvalue weighted by Gasteiger charge is -2.21. The van der Waals surface area contributed by atoms with E-state index in [0.29, 0.717) is 19.7 Å². The van der Waals surface area contributed by atoms with Crippen molar-refractivity contribution in [1.82, 2.24) is 4.90 Å². The van der Waals surface area contributed by atoms with Crippen LogP contribution < -0.4 is 0 Å². The third-order valence-electron chi connectivity index (χ3n) is 4.76. The number of hydrogen-bond acceptors (Lipinski definition) is 3. The molecule has 0 aromatic rings. The molecular formula is C22H43NO3. The Bertz CT molecular complexity index is 336. The first-order chi connectivity index (χ1) is 12.7. The minimum absolute atomic E-state index is 0.371. The first-order valence-corrected chi connectivity index (χ1v) is 11.1. The summed E-state index contributed by atoms with van der Waals surface area (Å²) in [4.78, 5) is 25.8. The van der Waals surface area contributed by atoms with Crippen LogP contribution in [-0.2, 0) is 14.3 Å². The molecule has 0 aromatic heterocycles. The summed E-state index contributed by atoms with van der Waals surface area (Å²) >= 11 is 0. The number of rotatable bonds is 17. The third-order valence-corrected chi connectivity index (χ3v) is 4.76. The van der Waals surface area contributed by atoms with Crippen molar-refractivity contribution in [3.8, 4) is 0 Å². The van der Waals surface area contributed by atoms with E-state index in [1.165, 1.54) is 51.4 Å². The van der Waals surface area contributed by atoms with Gasteiger partial charge in [0.2, 0.25) is 0 Å². The fourth-order valence-corrected chi connectivity index (χ4v) is 2.96. The maximum atomic E-state index is 12.2. The molecule has 0 bridgehead atoms. The van der Waals surface area contributed by atoms with E-state index >= 15 is 0 Å². The van der Waals surface area contributed by atoms with Gasteiger partial charge in [-0.1, -0.05) is 91.4 Å². The molecule has 0 saturated heterocycles. The number of nitrogens with zero attached hydrogens (tertiary/aromatic N) is 1. The quantitative estimate of drug-likeness (QED) is 0.183. The fraction of sp³-hybridized carbons (Fsp3) is 0.909. The van der Waals surface area contributed by atoms with Crippen molar-refractivity contribution in [1.29, 1.82) is 0 Å². The Kier molecular flexibility index (Phi) is 18.0. The largest absolute Gasteiger partial charge is 0.459 e. The molecule has 0 spiro atoms. The van der Waals surface area contributed by atoms with E-state index in [1.807, 2.05) is 0 Å². The zero-order chi connectivity index (χ0) is 19.5. The van der Waals surface area contributed by atoms with Gasteiger partial charge in [-0.05, 0) is 19.3 Å². The lowest BCUT2D eigenvalue weighted by atomic mass is 10.1. The summed E-state index contributed by atoms with van der Waals surface area (Å²) < 4.78 is 5.19. The Labute approximate surface area is 162 Å². The normalized spacial score (nSPS) is 10.7. The molecule has 0 atom stereocenters. The minimum Gasteiger partial charge on any atom is -0.459 e. The first kappa shape index (κ1) is 24.9. The number of carbonyl (C=O) groups is 2. The van der Waals surface area contributed by atoms with E-state index in [9.17, 15) is 9.59 Å². The maximum absolute atomic E-state index is 12.2. The zero-order valence-corrected chi connectivity index (χ0v) is 17.7. The molecule has 0 aliphatic heterocycles. The third kappa shape index (κ3) is 14.1. The van der Waals surface area contributed by atoms with Crippen molar-refractivity contribution in [2.24, 2.45) is 0 Å². The van der Waals surface area contributed by atoms with Gasteiger partial charge < -0.3 is 9.64 Å². The molecule has 1 amide bonds. The maximum Gasteiger partial charge on any atom is 0.397 e. The fourth-order valence-electron chi connectivity index (χ4n) is 2.96. The highest BCUT2D eigenvalue weighted by molar-refractivity contribution is 6.32. The molecule has 26 heavy (non-hydrogen) atoms. The van der Waals surface area contributed by atoms with Crippen LogP contribution in [0.15, 0.2) is 0 Å². The van der Waals surface area contributed by atoms with Crippen LogP contribution in [0.1, 0.15) is 111 Å². The second-order valence-corrected chi connectivity index (χ2v) is 7.32. The van der Waals surface area contributed by atoms with Crippen LogP contribution in [0.25, 0.3) is 0 Å². The van der Waals surface area contributed by atoms with Crippen molar-refractivity contribution in [3.05, 3.63) is 0 Å². The van der Waals surface area contributed by atoms with Gasteiger partial charge in [0.25, 0.3) is 0 Å². The molecule has 0 rings (SSSR count). The Hall–Kier alpha value is -1.06. The van der Waals surface area contributed by atoms with Gasteiger partial charge in [-0.15, -0.1) is 0 Å². The summed E-state index contributed by atoms with van der Waals surface area (Å²) in [5, 5.41) is 0. The standard InChI is InChI=1S/C22H43NO3/c1-4-7-10-11-12-13-14-15-16-17-20-26-22(25)21(24)23(18-8-5-2)19-9-6-3/h4-20H2,1-3H3. The molecule has 0 N–H and O–H groups in total. The second-order valence-electron chi connectivity index (χ2n) is 7.32. The number of esters is 1. The smallest absolute Gasteiger partial charge is 0.397 e. The zero-order valence-electron chi connectivity index (χ0n) is 17.7. The average molecular weight is 370 g/mol. The first-order valence-electron chi connectivity index (χ1n) is 11.1. The molecule has 0 aromatic carbocycles. The van der Waals surface area contributed by atoms with Crippen LogP contribution in [-0.4, -0.2) is 36.5 Å². The van der Waals surface area contributed by atoms with Gasteiger partial charge in [-0.2, -0.15) is 0 Å². The van der Waals surface area contributed by atoms with Crippen molar-refractivity contribution in [3.63, 3.8) is 0 Å². The van der Waals surface area contributed by atoms with E-state index in [1.54, 1.807) is 4.90 Å². The second kappa shape index (κ2) is 18.7. The van der Waals surface area contributed by atoms with Crippen molar-refractivity contribution >= 4 is 11.9 Å². The van der Waals surface area contributed by atoms with Gasteiger partial charge in [0, 0.05) is 13.1 Å². The minimum atomic E-state index is -0.673. The molecule has 0 radical (unpaired) electrons. The van der Waals surface area contributed by atoms with E-state index in [0.717, 1.165) is 38.5 Å². The van der Waals surface area contributed by atoms with Gasteiger partial charge in [0.05, 0.1) is 6.61 Å². The Morgan fingerprint density at radius 1 is 0.615 bits per heavy atom. The number of unbranched alkanes of at least 4 members (excludes halogenated alkanes) is 11. The Morgan fingerprint density at radius 3 is 1.50 bits per heavy atom. The summed E-state index contributed by atoms with van der Waals surface area (Å²) in [6.07, 6.45) is 16.3. The molecule has 4 nitrogen and oxygen atoms in total. The van der Waals surface area contributed by atoms with Gasteiger partial charge >= 0.3 is 11.9 Å². The van der Waals surface area contributed by atoms with Gasteiger partial charge in [0.1, 0.15) is 0 Å². The number of ether oxygens (including phenoxy) is 1. The number of amides is 1. The van der Waals surface area contributed by atoms with Crippen LogP contribution in [0.2, 0.25) is 0 Å². The molecule has 0 aliphatic carbocycles. The summed E-state index contributed by atoms with van der Waals surface area (Å²) in [6, 6.07) is 0. The van der Waals surface area contributed by atoms with Crippen molar-refractivity contribution in [2.45, 2.75) is 111 Å². The number of carbonyl (C=O) groups excluding carboxylic acids is 2. The summed E-state index contributed by atoms with van der Waals surface area (Å²) in [7, 11) is 0. The molecule has 0 heterocycles. The molecule has 4 heteroatoms. The predicted molar refractivity (Wildman–Crippen MR) is 109 cm³/mol. The predicted octanol–water partition coefficient (Wildman–Crippen LogP) is 5.88. The average Bonchev–Trinajstić information content (AvgIpc) is 2.65. The van der Waals surface area contributed by atoms with Crippen molar-refractivity contribution in [2.75, 3.05) is 19.7 Å². The van der Waals surface area contributed by atoms with E-state index < -0.39 is 11.9 Å². The van der Waals surface area contributed by atoms with E-state index in [4.69, 9.17) is 4.74 Å².